The van der Waals surface area contributed by atoms with Crippen molar-refractivity contribution < 1.29 is 4.79 Å². The first-order chi connectivity index (χ1) is 10.2. The minimum atomic E-state index is 0.388. The fraction of sp³-hybridized carbons (Fsp3) is 0.429. The van der Waals surface area contributed by atoms with Crippen LogP contribution in [0.3, 0.4) is 0 Å². The van der Waals surface area contributed by atoms with Gasteiger partial charge in [0.25, 0.3) is 0 Å². The Morgan fingerprint density at radius 2 is 2.19 bits per heavy atom. The maximum atomic E-state index is 10.7. The lowest BCUT2D eigenvalue weighted by Crippen LogP contribution is -2.31. The van der Waals surface area contributed by atoms with Crippen molar-refractivity contribution in [2.45, 2.75) is 18.8 Å². The molecular formula is C14H18N6O. The van der Waals surface area contributed by atoms with Gasteiger partial charge in [0, 0.05) is 44.1 Å². The van der Waals surface area contributed by atoms with E-state index in [1.165, 1.54) is 0 Å². The van der Waals surface area contributed by atoms with Crippen LogP contribution >= 0.6 is 0 Å². The molecule has 2 aromatic rings. The number of rotatable bonds is 4. The van der Waals surface area contributed by atoms with E-state index in [9.17, 15) is 4.79 Å². The molecule has 2 aromatic heterocycles. The van der Waals surface area contributed by atoms with Crippen LogP contribution in [0, 0.1) is 0 Å². The predicted molar refractivity (Wildman–Crippen MR) is 78.1 cm³/mol. The zero-order chi connectivity index (χ0) is 14.7. The molecule has 1 aliphatic rings. The first-order valence-corrected chi connectivity index (χ1v) is 7.02. The topological polar surface area (TPSA) is 75.9 Å². The minimum absolute atomic E-state index is 0.388. The second kappa shape index (κ2) is 5.90. The lowest BCUT2D eigenvalue weighted by atomic mass is 9.94. The molecule has 1 fully saturated rings. The summed E-state index contributed by atoms with van der Waals surface area (Å²) in [7, 11) is 1.86. The van der Waals surface area contributed by atoms with Gasteiger partial charge in [0.05, 0.1) is 11.9 Å². The molecule has 1 aliphatic heterocycles. The molecule has 1 saturated heterocycles. The van der Waals surface area contributed by atoms with Crippen molar-refractivity contribution in [1.29, 1.82) is 0 Å². The summed E-state index contributed by atoms with van der Waals surface area (Å²) >= 11 is 0. The quantitative estimate of drug-likeness (QED) is 0.857. The number of anilines is 2. The second-order valence-electron chi connectivity index (χ2n) is 5.25. The minimum Gasteiger partial charge on any atom is -0.345 e. The van der Waals surface area contributed by atoms with E-state index >= 15 is 0 Å². The zero-order valence-electron chi connectivity index (χ0n) is 11.9. The Bertz CT molecular complexity index is 617. The molecule has 0 aromatic carbocycles. The van der Waals surface area contributed by atoms with Gasteiger partial charge < -0.3 is 10.2 Å². The normalized spacial score (nSPS) is 16.0. The van der Waals surface area contributed by atoms with Crippen molar-refractivity contribution in [2.24, 2.45) is 7.05 Å². The van der Waals surface area contributed by atoms with Crippen LogP contribution in [0.25, 0.3) is 0 Å². The number of piperidine rings is 1. The molecule has 21 heavy (non-hydrogen) atoms. The van der Waals surface area contributed by atoms with Crippen LogP contribution in [0.5, 0.6) is 0 Å². The number of hydrogen-bond acceptors (Lipinski definition) is 5. The molecule has 0 spiro atoms. The van der Waals surface area contributed by atoms with E-state index in [2.05, 4.69) is 20.4 Å². The lowest BCUT2D eigenvalue weighted by molar-refractivity contribution is -0.119. The Morgan fingerprint density at radius 1 is 1.38 bits per heavy atom. The molecule has 0 bridgehead atoms. The van der Waals surface area contributed by atoms with Crippen molar-refractivity contribution in [3.05, 3.63) is 30.4 Å². The average Bonchev–Trinajstić information content (AvgIpc) is 2.93. The second-order valence-corrected chi connectivity index (χ2v) is 5.25. The average molecular weight is 286 g/mol. The van der Waals surface area contributed by atoms with Crippen molar-refractivity contribution >= 4 is 18.0 Å². The molecule has 0 radical (unpaired) electrons. The zero-order valence-corrected chi connectivity index (χ0v) is 11.9. The van der Waals surface area contributed by atoms with E-state index in [-0.39, 0.29) is 0 Å². The van der Waals surface area contributed by atoms with Gasteiger partial charge in [-0.25, -0.2) is 9.97 Å². The van der Waals surface area contributed by atoms with Gasteiger partial charge in [0.15, 0.2) is 0 Å². The molecule has 0 saturated carbocycles. The molecular weight excluding hydrogens is 268 g/mol. The fourth-order valence-corrected chi connectivity index (χ4v) is 2.58. The standard InChI is InChI=1S/C14H18N6O/c1-19-9-12(8-16-19)17-14-15-5-2-13(18-14)11-3-6-20(10-21)7-4-11/h2,5,8-11H,3-4,6-7H2,1H3,(H,15,17,18). The van der Waals surface area contributed by atoms with E-state index in [1.54, 1.807) is 17.1 Å². The highest BCUT2D eigenvalue weighted by Gasteiger charge is 2.21. The Morgan fingerprint density at radius 3 is 2.86 bits per heavy atom. The summed E-state index contributed by atoms with van der Waals surface area (Å²) in [6.07, 6.45) is 8.19. The summed E-state index contributed by atoms with van der Waals surface area (Å²) < 4.78 is 1.72. The van der Waals surface area contributed by atoms with Gasteiger partial charge in [0.1, 0.15) is 0 Å². The van der Waals surface area contributed by atoms with E-state index < -0.39 is 0 Å². The Hall–Kier alpha value is -2.44. The summed E-state index contributed by atoms with van der Waals surface area (Å²) in [6, 6.07) is 1.95. The van der Waals surface area contributed by atoms with Crippen LogP contribution < -0.4 is 5.32 Å². The van der Waals surface area contributed by atoms with Gasteiger partial charge >= 0.3 is 0 Å². The highest BCUT2D eigenvalue weighted by molar-refractivity contribution is 5.50. The van der Waals surface area contributed by atoms with E-state index in [4.69, 9.17) is 0 Å². The van der Waals surface area contributed by atoms with E-state index in [1.807, 2.05) is 24.2 Å². The van der Waals surface area contributed by atoms with Crippen LogP contribution in [-0.2, 0) is 11.8 Å². The van der Waals surface area contributed by atoms with Crippen LogP contribution in [0.15, 0.2) is 24.7 Å². The highest BCUT2D eigenvalue weighted by Crippen LogP contribution is 2.26. The Balaban J connectivity index is 1.70. The molecule has 0 aliphatic carbocycles. The largest absolute Gasteiger partial charge is 0.345 e. The number of aryl methyl sites for hydroxylation is 1. The molecule has 1 N–H and O–H groups in total. The monoisotopic (exact) mass is 286 g/mol. The maximum Gasteiger partial charge on any atom is 0.227 e. The van der Waals surface area contributed by atoms with Gasteiger partial charge in [-0.3, -0.25) is 9.48 Å². The number of carbonyl (C=O) groups is 1. The molecule has 110 valence electrons. The first kappa shape index (κ1) is 13.5. The number of nitrogens with zero attached hydrogens (tertiary/aromatic N) is 5. The molecule has 3 heterocycles. The summed E-state index contributed by atoms with van der Waals surface area (Å²) in [6.45, 7) is 1.59. The Kier molecular flexibility index (Phi) is 3.81. The molecule has 0 unspecified atom stereocenters. The summed E-state index contributed by atoms with van der Waals surface area (Å²) in [5.74, 6) is 0.969. The van der Waals surface area contributed by atoms with Gasteiger partial charge in [-0.15, -0.1) is 0 Å². The fourth-order valence-electron chi connectivity index (χ4n) is 2.58. The van der Waals surface area contributed by atoms with Crippen LogP contribution in [0.4, 0.5) is 11.6 Å². The molecule has 1 amide bonds. The predicted octanol–water partition coefficient (Wildman–Crippen LogP) is 1.29. The number of hydrogen-bond donors (Lipinski definition) is 1. The number of likely N-dealkylation sites (tertiary alicyclic amines) is 1. The van der Waals surface area contributed by atoms with Gasteiger partial charge in [0.2, 0.25) is 12.4 Å². The van der Waals surface area contributed by atoms with Crippen LogP contribution in [0.2, 0.25) is 0 Å². The van der Waals surface area contributed by atoms with Gasteiger partial charge in [-0.2, -0.15) is 5.10 Å². The number of amides is 1. The van der Waals surface area contributed by atoms with Gasteiger partial charge in [-0.05, 0) is 18.9 Å². The maximum absolute atomic E-state index is 10.7. The summed E-state index contributed by atoms with van der Waals surface area (Å²) in [4.78, 5) is 21.4. The number of nitrogens with one attached hydrogen (secondary N) is 1. The van der Waals surface area contributed by atoms with Crippen LogP contribution in [0.1, 0.15) is 24.5 Å². The van der Waals surface area contributed by atoms with Crippen LogP contribution in [-0.4, -0.2) is 44.1 Å². The molecule has 7 heteroatoms. The molecule has 0 atom stereocenters. The Labute approximate surface area is 123 Å². The van der Waals surface area contributed by atoms with Crippen molar-refractivity contribution in [2.75, 3.05) is 18.4 Å². The van der Waals surface area contributed by atoms with Crippen molar-refractivity contribution in [3.63, 3.8) is 0 Å². The van der Waals surface area contributed by atoms with Crippen molar-refractivity contribution in [1.82, 2.24) is 24.6 Å². The van der Waals surface area contributed by atoms with E-state index in [0.717, 1.165) is 43.7 Å². The highest BCUT2D eigenvalue weighted by atomic mass is 16.1. The molecule has 3 rings (SSSR count). The summed E-state index contributed by atoms with van der Waals surface area (Å²) in [5.41, 5.74) is 1.90. The third-order valence-electron chi connectivity index (χ3n) is 3.74. The number of carbonyl (C=O) groups excluding carboxylic acids is 1. The third kappa shape index (κ3) is 3.18. The summed E-state index contributed by atoms with van der Waals surface area (Å²) in [5, 5.41) is 7.25. The number of aromatic nitrogens is 4. The first-order valence-electron chi connectivity index (χ1n) is 7.02. The SMILES string of the molecule is Cn1cc(Nc2nccc(C3CCN(C=O)CC3)n2)cn1. The molecule has 7 nitrogen and oxygen atoms in total. The van der Waals surface area contributed by atoms with Crippen molar-refractivity contribution in [3.8, 4) is 0 Å². The lowest BCUT2D eigenvalue weighted by Gasteiger charge is -2.28. The smallest absolute Gasteiger partial charge is 0.227 e. The van der Waals surface area contributed by atoms with E-state index in [0.29, 0.717) is 11.9 Å². The third-order valence-corrected chi connectivity index (χ3v) is 3.74. The van der Waals surface area contributed by atoms with Gasteiger partial charge in [-0.1, -0.05) is 0 Å².